The molecule has 0 aliphatic carbocycles. The third kappa shape index (κ3) is 6.69. The molecule has 0 amide bonds. The molecular weight excluding hydrogens is 218 g/mol. The summed E-state index contributed by atoms with van der Waals surface area (Å²) in [7, 11) is 2.06. The molecule has 0 heterocycles. The number of nitrogens with one attached hydrogen (secondary N) is 2. The van der Waals surface area contributed by atoms with Gasteiger partial charge in [-0.2, -0.15) is 0 Å². The Hall–Kier alpha value is -0.740. The fourth-order valence-electron chi connectivity index (χ4n) is 1.01. The van der Waals surface area contributed by atoms with Gasteiger partial charge >= 0.3 is 0 Å². The van der Waals surface area contributed by atoms with Crippen LogP contribution in [0.1, 0.15) is 20.8 Å². The smallest absolute Gasteiger partial charge is 0.246 e. The van der Waals surface area contributed by atoms with Crippen LogP contribution in [-0.2, 0) is 0 Å². The Bertz CT molecular complexity index is 269. The van der Waals surface area contributed by atoms with Gasteiger partial charge in [0.2, 0.25) is 5.84 Å². The highest BCUT2D eigenvalue weighted by molar-refractivity contribution is 8.02. The summed E-state index contributed by atoms with van der Waals surface area (Å²) < 4.78 is 2.14. The topological polar surface area (TPSA) is 27.1 Å². The first-order chi connectivity index (χ1) is 7.63. The monoisotopic (exact) mass is 242 g/mol. The number of allylic oxidation sites excluding steroid dienone is 1. The lowest BCUT2D eigenvalue weighted by atomic mass is 10.5. The van der Waals surface area contributed by atoms with Gasteiger partial charge in [0, 0.05) is 18.2 Å². The van der Waals surface area contributed by atoms with Crippen LogP contribution in [0.5, 0.6) is 0 Å². The quantitative estimate of drug-likeness (QED) is 0.178. The first-order valence-electron chi connectivity index (χ1n) is 5.54. The zero-order valence-electron chi connectivity index (χ0n) is 10.8. The molecule has 0 spiro atoms. The average molecular weight is 242 g/mol. The summed E-state index contributed by atoms with van der Waals surface area (Å²) in [6.07, 6.45) is 1.86. The zero-order chi connectivity index (χ0) is 12.4. The van der Waals surface area contributed by atoms with Gasteiger partial charge in [0.25, 0.3) is 0 Å². The summed E-state index contributed by atoms with van der Waals surface area (Å²) in [5, 5.41) is 8.71. The molecule has 0 aliphatic rings. The molecule has 0 rings (SSSR count). The van der Waals surface area contributed by atoms with Crippen molar-refractivity contribution in [2.75, 3.05) is 26.0 Å². The fourth-order valence-corrected chi connectivity index (χ4v) is 1.81. The van der Waals surface area contributed by atoms with E-state index in [2.05, 4.69) is 55.0 Å². The SMILES string of the molecule is C=CCNC(C)=[N+](C)C(C)=CSCNCC. The Morgan fingerprint density at radius 2 is 2.12 bits per heavy atom. The van der Waals surface area contributed by atoms with Crippen molar-refractivity contribution < 1.29 is 4.58 Å². The van der Waals surface area contributed by atoms with Gasteiger partial charge in [-0.15, -0.1) is 11.8 Å². The van der Waals surface area contributed by atoms with Gasteiger partial charge in [-0.25, -0.2) is 4.58 Å². The fraction of sp³-hybridized carbons (Fsp3) is 0.583. The maximum absolute atomic E-state index is 3.69. The molecule has 0 atom stereocenters. The average Bonchev–Trinajstić information content (AvgIpc) is 2.30. The van der Waals surface area contributed by atoms with E-state index in [9.17, 15) is 0 Å². The lowest BCUT2D eigenvalue weighted by Gasteiger charge is -2.05. The normalized spacial score (nSPS) is 13.4. The summed E-state index contributed by atoms with van der Waals surface area (Å²) in [5.74, 6) is 2.10. The standard InChI is InChI=1S/C12H23N3S/c1-6-8-14-12(4)15(5)11(3)9-16-10-13-7-2/h6,9,13H,1,7-8,10H2,2-5H3/p+1. The van der Waals surface area contributed by atoms with Crippen LogP contribution in [0.3, 0.4) is 0 Å². The molecule has 0 aliphatic heterocycles. The predicted octanol–water partition coefficient (Wildman–Crippen LogP) is 1.98. The predicted molar refractivity (Wildman–Crippen MR) is 75.0 cm³/mol. The minimum atomic E-state index is 0.800. The van der Waals surface area contributed by atoms with Gasteiger partial charge in [0.15, 0.2) is 0 Å². The van der Waals surface area contributed by atoms with Crippen LogP contribution >= 0.6 is 11.8 Å². The van der Waals surface area contributed by atoms with Gasteiger partial charge in [0.1, 0.15) is 12.2 Å². The highest BCUT2D eigenvalue weighted by atomic mass is 32.2. The third-order valence-corrected chi connectivity index (χ3v) is 3.10. The minimum Gasteiger partial charge on any atom is -0.308 e. The van der Waals surface area contributed by atoms with Gasteiger partial charge < -0.3 is 5.32 Å². The van der Waals surface area contributed by atoms with Crippen molar-refractivity contribution in [1.82, 2.24) is 10.6 Å². The van der Waals surface area contributed by atoms with Crippen LogP contribution in [0.2, 0.25) is 0 Å². The second-order valence-electron chi connectivity index (χ2n) is 3.49. The van der Waals surface area contributed by atoms with Crippen molar-refractivity contribution in [1.29, 1.82) is 0 Å². The van der Waals surface area contributed by atoms with Crippen LogP contribution < -0.4 is 10.6 Å². The molecule has 4 heteroatoms. The highest BCUT2D eigenvalue weighted by Gasteiger charge is 2.03. The van der Waals surface area contributed by atoms with E-state index in [4.69, 9.17) is 0 Å². The molecule has 3 nitrogen and oxygen atoms in total. The zero-order valence-corrected chi connectivity index (χ0v) is 11.7. The number of hydrogen-bond donors (Lipinski definition) is 2. The van der Waals surface area contributed by atoms with E-state index >= 15 is 0 Å². The van der Waals surface area contributed by atoms with E-state index < -0.39 is 0 Å². The van der Waals surface area contributed by atoms with Gasteiger partial charge in [-0.1, -0.05) is 19.6 Å². The molecule has 0 aromatic carbocycles. The second-order valence-corrected chi connectivity index (χ2v) is 4.35. The van der Waals surface area contributed by atoms with E-state index in [0.29, 0.717) is 0 Å². The Kier molecular flexibility index (Phi) is 9.04. The van der Waals surface area contributed by atoms with Crippen molar-refractivity contribution in [2.45, 2.75) is 20.8 Å². The van der Waals surface area contributed by atoms with Crippen LogP contribution in [0.15, 0.2) is 23.8 Å². The van der Waals surface area contributed by atoms with Crippen molar-refractivity contribution in [3.05, 3.63) is 23.8 Å². The van der Waals surface area contributed by atoms with Crippen LogP contribution in [0.25, 0.3) is 0 Å². The van der Waals surface area contributed by atoms with E-state index in [1.165, 1.54) is 5.70 Å². The molecule has 2 N–H and O–H groups in total. The van der Waals surface area contributed by atoms with E-state index in [1.54, 1.807) is 11.8 Å². The van der Waals surface area contributed by atoms with Crippen LogP contribution in [0.4, 0.5) is 0 Å². The number of amidine groups is 1. The van der Waals surface area contributed by atoms with Gasteiger partial charge in [0.05, 0.1) is 7.05 Å². The Labute approximate surface area is 104 Å². The molecule has 0 fully saturated rings. The number of nitrogens with zero attached hydrogens (tertiary/aromatic N) is 1. The first kappa shape index (κ1) is 15.3. The van der Waals surface area contributed by atoms with Gasteiger partial charge in [-0.05, 0) is 13.5 Å². The molecule has 92 valence electrons. The van der Waals surface area contributed by atoms with Crippen molar-refractivity contribution in [2.24, 2.45) is 0 Å². The number of rotatable bonds is 7. The summed E-state index contributed by atoms with van der Waals surface area (Å²) in [6, 6.07) is 0. The van der Waals surface area contributed by atoms with Gasteiger partial charge in [-0.3, -0.25) is 5.32 Å². The van der Waals surface area contributed by atoms with E-state index in [0.717, 1.165) is 24.8 Å². The highest BCUT2D eigenvalue weighted by Crippen LogP contribution is 2.05. The van der Waals surface area contributed by atoms with Crippen molar-refractivity contribution in [3.8, 4) is 0 Å². The first-order valence-corrected chi connectivity index (χ1v) is 6.59. The molecule has 0 saturated carbocycles. The maximum atomic E-state index is 3.69. The molecule has 0 bridgehead atoms. The molecule has 0 aromatic rings. The van der Waals surface area contributed by atoms with Crippen LogP contribution in [-0.4, -0.2) is 36.4 Å². The molecule has 16 heavy (non-hydrogen) atoms. The van der Waals surface area contributed by atoms with E-state index in [1.807, 2.05) is 6.08 Å². The van der Waals surface area contributed by atoms with Crippen molar-refractivity contribution in [3.63, 3.8) is 0 Å². The Balaban J connectivity index is 4.22. The number of thioether (sulfide) groups is 1. The molecule has 0 unspecified atom stereocenters. The Morgan fingerprint density at radius 1 is 1.44 bits per heavy atom. The summed E-state index contributed by atoms with van der Waals surface area (Å²) in [5.41, 5.74) is 1.23. The maximum Gasteiger partial charge on any atom is 0.246 e. The van der Waals surface area contributed by atoms with E-state index in [-0.39, 0.29) is 0 Å². The summed E-state index contributed by atoms with van der Waals surface area (Å²) in [6.45, 7) is 11.8. The molecule has 0 radical (unpaired) electrons. The minimum absolute atomic E-state index is 0.800. The lowest BCUT2D eigenvalue weighted by molar-refractivity contribution is -0.445. The van der Waals surface area contributed by atoms with Crippen LogP contribution in [0, 0.1) is 0 Å². The third-order valence-electron chi connectivity index (χ3n) is 2.22. The Morgan fingerprint density at radius 3 is 2.69 bits per heavy atom. The largest absolute Gasteiger partial charge is 0.308 e. The summed E-state index contributed by atoms with van der Waals surface area (Å²) >= 11 is 1.78. The number of hydrogen-bond acceptors (Lipinski definition) is 2. The second kappa shape index (κ2) is 9.48. The lowest BCUT2D eigenvalue weighted by Crippen LogP contribution is -2.28. The summed E-state index contributed by atoms with van der Waals surface area (Å²) in [4.78, 5) is 0. The van der Waals surface area contributed by atoms with Crippen molar-refractivity contribution >= 4 is 17.6 Å². The molecule has 0 aromatic heterocycles. The molecule has 0 saturated heterocycles. The molecular formula is C12H24N3S+.